The van der Waals surface area contributed by atoms with Crippen LogP contribution < -0.4 is 0 Å². The molecule has 0 aromatic heterocycles. The topological polar surface area (TPSA) is 0 Å². The lowest BCUT2D eigenvalue weighted by Crippen LogP contribution is -2.28. The normalized spacial score (nSPS) is 15.2. The van der Waals surface area contributed by atoms with E-state index in [1.165, 1.54) is 0 Å². The molecule has 0 fully saturated rings. The van der Waals surface area contributed by atoms with Gasteiger partial charge in [0, 0.05) is 15.9 Å². The van der Waals surface area contributed by atoms with Crippen molar-refractivity contribution in [2.75, 3.05) is 5.88 Å². The monoisotopic (exact) mass is 278 g/mol. The van der Waals surface area contributed by atoms with Crippen LogP contribution in [0.4, 0.5) is 0 Å². The van der Waals surface area contributed by atoms with Crippen molar-refractivity contribution in [2.24, 2.45) is 11.3 Å². The zero-order valence-corrected chi connectivity index (χ0v) is 12.1. The summed E-state index contributed by atoms with van der Waals surface area (Å²) >= 11 is 18.4. The molecule has 0 nitrogen and oxygen atoms in total. The van der Waals surface area contributed by atoms with Crippen LogP contribution in [-0.2, 0) is 6.42 Å². The van der Waals surface area contributed by atoms with Crippen molar-refractivity contribution in [1.82, 2.24) is 0 Å². The highest BCUT2D eigenvalue weighted by Gasteiger charge is 2.29. The third-order valence-electron chi connectivity index (χ3n) is 3.34. The summed E-state index contributed by atoms with van der Waals surface area (Å²) < 4.78 is 0. The molecule has 1 aromatic rings. The molecule has 3 heteroatoms. The van der Waals surface area contributed by atoms with Crippen LogP contribution in [0.1, 0.15) is 26.3 Å². The van der Waals surface area contributed by atoms with E-state index in [0.29, 0.717) is 11.8 Å². The van der Waals surface area contributed by atoms with E-state index in [-0.39, 0.29) is 5.41 Å². The van der Waals surface area contributed by atoms with E-state index in [1.54, 1.807) is 0 Å². The Morgan fingerprint density at radius 1 is 1.19 bits per heavy atom. The SMILES string of the molecule is CC(C)C(C)(CCl)Cc1c(Cl)cccc1Cl. The lowest BCUT2D eigenvalue weighted by atomic mass is 9.76. The van der Waals surface area contributed by atoms with Gasteiger partial charge in [0.15, 0.2) is 0 Å². The number of rotatable bonds is 4. The molecule has 0 saturated carbocycles. The van der Waals surface area contributed by atoms with Gasteiger partial charge in [-0.1, -0.05) is 50.0 Å². The maximum Gasteiger partial charge on any atom is 0.0453 e. The van der Waals surface area contributed by atoms with Crippen LogP contribution in [0.5, 0.6) is 0 Å². The predicted octanol–water partition coefficient (Wildman–Crippen LogP) is 5.44. The van der Waals surface area contributed by atoms with Crippen LogP contribution >= 0.6 is 34.8 Å². The fourth-order valence-corrected chi connectivity index (χ4v) is 2.44. The van der Waals surface area contributed by atoms with Gasteiger partial charge in [0.1, 0.15) is 0 Å². The Labute approximate surface area is 113 Å². The molecule has 1 aromatic carbocycles. The Morgan fingerprint density at radius 2 is 1.69 bits per heavy atom. The maximum absolute atomic E-state index is 6.17. The number of alkyl halides is 1. The lowest BCUT2D eigenvalue weighted by molar-refractivity contribution is 0.253. The summed E-state index contributed by atoms with van der Waals surface area (Å²) in [6, 6.07) is 5.61. The largest absolute Gasteiger partial charge is 0.126 e. The highest BCUT2D eigenvalue weighted by Crippen LogP contribution is 2.37. The van der Waals surface area contributed by atoms with Gasteiger partial charge in [-0.25, -0.2) is 0 Å². The molecule has 1 rings (SSSR count). The third-order valence-corrected chi connectivity index (χ3v) is 4.66. The van der Waals surface area contributed by atoms with Crippen LogP contribution in [0.2, 0.25) is 10.0 Å². The van der Waals surface area contributed by atoms with Crippen molar-refractivity contribution in [3.63, 3.8) is 0 Å². The molecule has 1 unspecified atom stereocenters. The third kappa shape index (κ3) is 3.06. The first-order valence-corrected chi connectivity index (χ1v) is 6.68. The first kappa shape index (κ1) is 14.2. The molecular formula is C13H17Cl3. The first-order chi connectivity index (χ1) is 7.40. The Bertz CT molecular complexity index is 340. The van der Waals surface area contributed by atoms with Gasteiger partial charge in [-0.15, -0.1) is 11.6 Å². The summed E-state index contributed by atoms with van der Waals surface area (Å²) in [6.45, 7) is 6.52. The van der Waals surface area contributed by atoms with Crippen LogP contribution in [0.15, 0.2) is 18.2 Å². The molecule has 0 aliphatic heterocycles. The smallest absolute Gasteiger partial charge is 0.0453 e. The van der Waals surface area contributed by atoms with Crippen LogP contribution in [0.3, 0.4) is 0 Å². The summed E-state index contributed by atoms with van der Waals surface area (Å²) in [7, 11) is 0. The maximum atomic E-state index is 6.17. The fraction of sp³-hybridized carbons (Fsp3) is 0.538. The van der Waals surface area contributed by atoms with E-state index in [2.05, 4.69) is 20.8 Å². The van der Waals surface area contributed by atoms with Gasteiger partial charge >= 0.3 is 0 Å². The quantitative estimate of drug-likeness (QED) is 0.644. The number of hydrogen-bond acceptors (Lipinski definition) is 0. The van der Waals surface area contributed by atoms with Gasteiger partial charge in [0.25, 0.3) is 0 Å². The zero-order chi connectivity index (χ0) is 12.3. The van der Waals surface area contributed by atoms with Crippen molar-refractivity contribution in [1.29, 1.82) is 0 Å². The molecule has 0 spiro atoms. The van der Waals surface area contributed by atoms with Crippen LogP contribution in [0, 0.1) is 11.3 Å². The van der Waals surface area contributed by atoms with Crippen molar-refractivity contribution >= 4 is 34.8 Å². The minimum absolute atomic E-state index is 0.0240. The number of hydrogen-bond donors (Lipinski definition) is 0. The van der Waals surface area contributed by atoms with Gasteiger partial charge in [-0.05, 0) is 35.4 Å². The predicted molar refractivity (Wildman–Crippen MR) is 73.8 cm³/mol. The van der Waals surface area contributed by atoms with E-state index in [4.69, 9.17) is 34.8 Å². The molecule has 0 amide bonds. The highest BCUT2D eigenvalue weighted by atomic mass is 35.5. The molecule has 0 N–H and O–H groups in total. The molecule has 0 aliphatic rings. The van der Waals surface area contributed by atoms with Gasteiger partial charge in [-0.3, -0.25) is 0 Å². The van der Waals surface area contributed by atoms with Gasteiger partial charge in [-0.2, -0.15) is 0 Å². The van der Waals surface area contributed by atoms with Crippen molar-refractivity contribution in [2.45, 2.75) is 27.2 Å². The summed E-state index contributed by atoms with van der Waals surface area (Å²) in [4.78, 5) is 0. The molecule has 16 heavy (non-hydrogen) atoms. The molecule has 0 radical (unpaired) electrons. The first-order valence-electron chi connectivity index (χ1n) is 5.39. The van der Waals surface area contributed by atoms with Crippen LogP contribution in [0.25, 0.3) is 0 Å². The van der Waals surface area contributed by atoms with Gasteiger partial charge in [0.05, 0.1) is 0 Å². The van der Waals surface area contributed by atoms with Crippen LogP contribution in [-0.4, -0.2) is 5.88 Å². The standard InChI is InChI=1S/C13H17Cl3/c1-9(2)13(3,8-14)7-10-11(15)5-4-6-12(10)16/h4-6,9H,7-8H2,1-3H3. The number of halogens is 3. The minimum atomic E-state index is 0.0240. The molecular weight excluding hydrogens is 263 g/mol. The van der Waals surface area contributed by atoms with Gasteiger partial charge in [0.2, 0.25) is 0 Å². The summed E-state index contributed by atoms with van der Waals surface area (Å²) in [5.74, 6) is 1.09. The van der Waals surface area contributed by atoms with E-state index in [0.717, 1.165) is 22.0 Å². The number of benzene rings is 1. The average Bonchev–Trinajstić information content (AvgIpc) is 2.23. The Balaban J connectivity index is 3.03. The van der Waals surface area contributed by atoms with Crippen molar-refractivity contribution in [3.05, 3.63) is 33.8 Å². The Hall–Kier alpha value is 0.0900. The minimum Gasteiger partial charge on any atom is -0.126 e. The van der Waals surface area contributed by atoms with Crippen molar-refractivity contribution in [3.8, 4) is 0 Å². The Kier molecular flexibility index (Phi) is 4.97. The van der Waals surface area contributed by atoms with E-state index in [1.807, 2.05) is 18.2 Å². The molecule has 0 saturated heterocycles. The second-order valence-electron chi connectivity index (χ2n) is 4.82. The molecule has 1 atom stereocenters. The second-order valence-corrected chi connectivity index (χ2v) is 5.90. The highest BCUT2D eigenvalue weighted by molar-refractivity contribution is 6.36. The molecule has 90 valence electrons. The summed E-state index contributed by atoms with van der Waals surface area (Å²) in [6.07, 6.45) is 0.812. The summed E-state index contributed by atoms with van der Waals surface area (Å²) in [5, 5.41) is 1.45. The molecule has 0 bridgehead atoms. The van der Waals surface area contributed by atoms with E-state index in [9.17, 15) is 0 Å². The van der Waals surface area contributed by atoms with Gasteiger partial charge < -0.3 is 0 Å². The summed E-state index contributed by atoms with van der Waals surface area (Å²) in [5.41, 5.74) is 1.03. The fourth-order valence-electron chi connectivity index (χ4n) is 1.51. The molecule has 0 heterocycles. The molecule has 0 aliphatic carbocycles. The Morgan fingerprint density at radius 3 is 2.06 bits per heavy atom. The van der Waals surface area contributed by atoms with E-state index < -0.39 is 0 Å². The second kappa shape index (κ2) is 5.62. The zero-order valence-electron chi connectivity index (χ0n) is 9.86. The average molecular weight is 280 g/mol. The van der Waals surface area contributed by atoms with E-state index >= 15 is 0 Å². The lowest BCUT2D eigenvalue weighted by Gasteiger charge is -2.32. The van der Waals surface area contributed by atoms with Crippen molar-refractivity contribution < 1.29 is 0 Å².